The van der Waals surface area contributed by atoms with E-state index in [0.29, 0.717) is 25.1 Å². The fourth-order valence-corrected chi connectivity index (χ4v) is 3.70. The van der Waals surface area contributed by atoms with Gasteiger partial charge in [-0.25, -0.2) is 19.0 Å². The van der Waals surface area contributed by atoms with Gasteiger partial charge in [0.05, 0.1) is 19.1 Å². The van der Waals surface area contributed by atoms with Gasteiger partial charge in [-0.15, -0.1) is 0 Å². The fraction of sp³-hybridized carbons (Fsp3) is 0.450. The van der Waals surface area contributed by atoms with Gasteiger partial charge in [-0.05, 0) is 18.1 Å². The van der Waals surface area contributed by atoms with Crippen molar-refractivity contribution in [1.29, 1.82) is 0 Å². The number of urea groups is 1. The van der Waals surface area contributed by atoms with E-state index in [1.165, 1.54) is 24.4 Å². The lowest BCUT2D eigenvalue weighted by Crippen LogP contribution is -2.53. The predicted octanol–water partition coefficient (Wildman–Crippen LogP) is 3.45. The van der Waals surface area contributed by atoms with Crippen molar-refractivity contribution in [1.82, 2.24) is 20.2 Å². The van der Waals surface area contributed by atoms with E-state index in [1.807, 2.05) is 13.8 Å². The molecule has 3 rings (SSSR count). The number of hydrogen-bond donors (Lipinski definition) is 2. The van der Waals surface area contributed by atoms with Gasteiger partial charge in [-0.3, -0.25) is 0 Å². The molecule has 1 aliphatic rings. The lowest BCUT2D eigenvalue weighted by Gasteiger charge is -2.36. The summed E-state index contributed by atoms with van der Waals surface area (Å²) in [5.74, 6) is -1.16. The average Bonchev–Trinajstić information content (AvgIpc) is 3.19. The first-order valence-electron chi connectivity index (χ1n) is 9.49. The Hall–Kier alpha value is -2.61. The minimum Gasteiger partial charge on any atom is -0.467 e. The van der Waals surface area contributed by atoms with Crippen LogP contribution in [-0.2, 0) is 16.0 Å². The van der Waals surface area contributed by atoms with Crippen molar-refractivity contribution in [2.24, 2.45) is 5.92 Å². The van der Waals surface area contributed by atoms with Crippen molar-refractivity contribution in [3.8, 4) is 0 Å². The van der Waals surface area contributed by atoms with Crippen LogP contribution >= 0.6 is 11.6 Å². The Kier molecular flexibility index (Phi) is 6.42. The molecule has 7 nitrogen and oxygen atoms in total. The normalized spacial score (nSPS) is 18.0. The summed E-state index contributed by atoms with van der Waals surface area (Å²) >= 11 is 5.90. The maximum Gasteiger partial charge on any atom is 0.328 e. The van der Waals surface area contributed by atoms with Crippen LogP contribution in [-0.4, -0.2) is 46.6 Å². The molecule has 1 aromatic carbocycles. The monoisotopic (exact) mass is 422 g/mol. The van der Waals surface area contributed by atoms with E-state index >= 15 is 0 Å². The summed E-state index contributed by atoms with van der Waals surface area (Å²) in [5.41, 5.74) is 1.71. The van der Waals surface area contributed by atoms with Crippen LogP contribution in [0.2, 0.25) is 5.02 Å². The molecule has 0 bridgehead atoms. The average molecular weight is 423 g/mol. The molecule has 9 heteroatoms. The highest BCUT2D eigenvalue weighted by molar-refractivity contribution is 6.30. The van der Waals surface area contributed by atoms with E-state index in [9.17, 15) is 14.0 Å². The van der Waals surface area contributed by atoms with E-state index in [2.05, 4.69) is 15.3 Å². The first kappa shape index (κ1) is 21.1. The highest BCUT2D eigenvalue weighted by atomic mass is 35.5. The fourth-order valence-electron chi connectivity index (χ4n) is 3.55. The molecular formula is C20H24ClFN4O3. The molecule has 2 amide bonds. The molecule has 2 N–H and O–H groups in total. The van der Waals surface area contributed by atoms with Crippen molar-refractivity contribution in [3.05, 3.63) is 52.3 Å². The summed E-state index contributed by atoms with van der Waals surface area (Å²) < 4.78 is 19.6. The Morgan fingerprint density at radius 1 is 1.48 bits per heavy atom. The number of ether oxygens (including phenoxy) is 1. The molecule has 29 heavy (non-hydrogen) atoms. The number of esters is 1. The minimum atomic E-state index is -0.797. The third kappa shape index (κ3) is 4.22. The number of hydrogen-bond acceptors (Lipinski definition) is 4. The summed E-state index contributed by atoms with van der Waals surface area (Å²) in [6.45, 7) is 4.12. The zero-order chi connectivity index (χ0) is 21.1. The van der Waals surface area contributed by atoms with E-state index < -0.39 is 29.9 Å². The Morgan fingerprint density at radius 2 is 2.24 bits per heavy atom. The number of fused-ring (bicyclic) bond motifs is 1. The van der Waals surface area contributed by atoms with Crippen LogP contribution in [0.25, 0.3) is 0 Å². The molecule has 1 aliphatic heterocycles. The van der Waals surface area contributed by atoms with Gasteiger partial charge in [-0.1, -0.05) is 37.9 Å². The van der Waals surface area contributed by atoms with E-state index in [-0.39, 0.29) is 16.5 Å². The molecular weight excluding hydrogens is 399 g/mol. The maximum atomic E-state index is 14.7. The third-order valence-electron chi connectivity index (χ3n) is 5.39. The second-order valence-electron chi connectivity index (χ2n) is 7.11. The summed E-state index contributed by atoms with van der Waals surface area (Å²) in [6, 6.07) is 2.33. The SMILES string of the molecule is CC[C@H](C)[C@@H](NC(=O)N1CCc2[nH]cnc2[C@@H]1c1ccc(Cl)cc1F)C(=O)OC. The number of imidazole rings is 1. The molecule has 2 heterocycles. The van der Waals surface area contributed by atoms with Crippen molar-refractivity contribution in [3.63, 3.8) is 0 Å². The number of aromatic amines is 1. The summed E-state index contributed by atoms with van der Waals surface area (Å²) in [7, 11) is 1.28. The first-order valence-corrected chi connectivity index (χ1v) is 9.87. The van der Waals surface area contributed by atoms with Gasteiger partial charge in [0.15, 0.2) is 0 Å². The number of nitrogens with one attached hydrogen (secondary N) is 2. The summed E-state index contributed by atoms with van der Waals surface area (Å²) in [6.07, 6.45) is 2.75. The van der Waals surface area contributed by atoms with Gasteiger partial charge in [-0.2, -0.15) is 0 Å². The van der Waals surface area contributed by atoms with Crippen LogP contribution in [0.3, 0.4) is 0 Å². The molecule has 0 unspecified atom stereocenters. The molecule has 3 atom stereocenters. The standard InChI is InChI=1S/C20H24ClFN4O3/c1-4-11(2)16(19(27)29-3)25-20(28)26-8-7-15-17(24-10-23-15)18(26)13-6-5-12(21)9-14(13)22/h5-6,9-11,16,18H,4,7-8H2,1-3H3,(H,23,24)(H,25,28)/t11-,16+,18-/m0/s1. The highest BCUT2D eigenvalue weighted by Gasteiger charge is 2.37. The molecule has 156 valence electrons. The Morgan fingerprint density at radius 3 is 2.90 bits per heavy atom. The van der Waals surface area contributed by atoms with Gasteiger partial charge in [0, 0.05) is 29.2 Å². The third-order valence-corrected chi connectivity index (χ3v) is 5.63. The smallest absolute Gasteiger partial charge is 0.328 e. The number of carbonyl (C=O) groups excluding carboxylic acids is 2. The highest BCUT2D eigenvalue weighted by Crippen LogP contribution is 2.35. The van der Waals surface area contributed by atoms with Crippen LogP contribution in [0, 0.1) is 11.7 Å². The van der Waals surface area contributed by atoms with E-state index in [4.69, 9.17) is 16.3 Å². The molecule has 0 aliphatic carbocycles. The van der Waals surface area contributed by atoms with Crippen LogP contribution in [0.4, 0.5) is 9.18 Å². The Balaban J connectivity index is 1.96. The van der Waals surface area contributed by atoms with Crippen LogP contribution < -0.4 is 5.32 Å². The van der Waals surface area contributed by atoms with Crippen molar-refractivity contribution in [2.75, 3.05) is 13.7 Å². The second kappa shape index (κ2) is 8.82. The van der Waals surface area contributed by atoms with E-state index in [1.54, 1.807) is 12.1 Å². The quantitative estimate of drug-likeness (QED) is 0.722. The van der Waals surface area contributed by atoms with Gasteiger partial charge >= 0.3 is 12.0 Å². The number of carbonyl (C=O) groups is 2. The van der Waals surface area contributed by atoms with Gasteiger partial charge in [0.1, 0.15) is 17.9 Å². The zero-order valence-corrected chi connectivity index (χ0v) is 17.3. The van der Waals surface area contributed by atoms with Crippen molar-refractivity contribution in [2.45, 2.75) is 38.8 Å². The number of methoxy groups -OCH3 is 1. The second-order valence-corrected chi connectivity index (χ2v) is 7.55. The van der Waals surface area contributed by atoms with Gasteiger partial charge < -0.3 is 19.9 Å². The lowest BCUT2D eigenvalue weighted by molar-refractivity contribution is -0.144. The Labute approximate surface area is 173 Å². The largest absolute Gasteiger partial charge is 0.467 e. The molecule has 0 spiro atoms. The number of benzene rings is 1. The van der Waals surface area contributed by atoms with Crippen LogP contribution in [0.5, 0.6) is 0 Å². The molecule has 0 saturated heterocycles. The molecule has 0 radical (unpaired) electrons. The lowest BCUT2D eigenvalue weighted by atomic mass is 9.95. The molecule has 0 saturated carbocycles. The van der Waals surface area contributed by atoms with E-state index in [0.717, 1.165) is 5.69 Å². The Bertz CT molecular complexity index is 904. The van der Waals surface area contributed by atoms with Gasteiger partial charge in [0.2, 0.25) is 0 Å². The van der Waals surface area contributed by atoms with Crippen LogP contribution in [0.15, 0.2) is 24.5 Å². The summed E-state index contributed by atoms with van der Waals surface area (Å²) in [4.78, 5) is 34.2. The first-order chi connectivity index (χ1) is 13.9. The molecule has 0 fully saturated rings. The molecule has 2 aromatic rings. The number of nitrogens with zero attached hydrogens (tertiary/aromatic N) is 2. The predicted molar refractivity (Wildman–Crippen MR) is 106 cm³/mol. The number of H-pyrrole nitrogens is 1. The minimum absolute atomic E-state index is 0.122. The number of rotatable bonds is 5. The number of aromatic nitrogens is 2. The maximum absolute atomic E-state index is 14.7. The molecule has 1 aromatic heterocycles. The zero-order valence-electron chi connectivity index (χ0n) is 16.5. The van der Waals surface area contributed by atoms with Crippen LogP contribution in [0.1, 0.15) is 43.3 Å². The number of amides is 2. The van der Waals surface area contributed by atoms with Crippen molar-refractivity contribution >= 4 is 23.6 Å². The van der Waals surface area contributed by atoms with Crippen molar-refractivity contribution < 1.29 is 18.7 Å². The topological polar surface area (TPSA) is 87.3 Å². The number of halogens is 2. The summed E-state index contributed by atoms with van der Waals surface area (Å²) in [5, 5.41) is 3.03. The van der Waals surface area contributed by atoms with Gasteiger partial charge in [0.25, 0.3) is 0 Å².